The molecule has 0 aromatic heterocycles. The summed E-state index contributed by atoms with van der Waals surface area (Å²) in [5, 5.41) is 3.19. The summed E-state index contributed by atoms with van der Waals surface area (Å²) in [6.07, 6.45) is -0.508. The lowest BCUT2D eigenvalue weighted by Crippen LogP contribution is -2.30. The van der Waals surface area contributed by atoms with Crippen LogP contribution in [0.25, 0.3) is 0 Å². The summed E-state index contributed by atoms with van der Waals surface area (Å²) in [6, 6.07) is 7.61. The van der Waals surface area contributed by atoms with Crippen LogP contribution >= 0.6 is 35.0 Å². The predicted molar refractivity (Wildman–Crippen MR) is 144 cm³/mol. The second kappa shape index (κ2) is 15.1. The molecule has 0 spiro atoms. The molecule has 36 heavy (non-hydrogen) atoms. The van der Waals surface area contributed by atoms with Gasteiger partial charge in [-0.2, -0.15) is 13.2 Å². The summed E-state index contributed by atoms with van der Waals surface area (Å²) in [5.41, 5.74) is 4.89. The van der Waals surface area contributed by atoms with Crippen LogP contribution in [0.4, 0.5) is 13.2 Å². The normalized spacial score (nSPS) is 14.2. The van der Waals surface area contributed by atoms with E-state index in [9.17, 15) is 18.0 Å². The maximum Gasteiger partial charge on any atom is 0.416 e. The number of nitrogens with two attached hydrogens (primary N) is 1. The highest BCUT2D eigenvalue weighted by atomic mass is 35.5. The number of thioether (sulfide) groups is 1. The number of nitrogens with one attached hydrogen (secondary N) is 1. The third-order valence-electron chi connectivity index (χ3n) is 5.64. The second-order valence-electron chi connectivity index (χ2n) is 8.48. The quantitative estimate of drug-likeness (QED) is 0.328. The lowest BCUT2D eigenvalue weighted by molar-refractivity contribution is -0.138. The monoisotopic (exact) mass is 563 g/mol. The largest absolute Gasteiger partial charge is 0.416 e. The van der Waals surface area contributed by atoms with Gasteiger partial charge in [0.2, 0.25) is 0 Å². The van der Waals surface area contributed by atoms with Crippen molar-refractivity contribution in [1.29, 1.82) is 0 Å². The number of hydrogen-bond acceptors (Lipinski definition) is 4. The van der Waals surface area contributed by atoms with Gasteiger partial charge in [-0.05, 0) is 86.1 Å². The molecule has 1 fully saturated rings. The first kappa shape index (κ1) is 30.8. The highest BCUT2D eigenvalue weighted by Crippen LogP contribution is 2.37. The number of rotatable bonds is 8. The molecule has 3 rings (SSSR count). The summed E-state index contributed by atoms with van der Waals surface area (Å²) in [4.78, 5) is 15.7. The molecule has 1 amide bonds. The molecular weight excluding hydrogens is 530 g/mol. The zero-order valence-corrected chi connectivity index (χ0v) is 23.0. The Bertz CT molecular complexity index is 997. The Labute approximate surface area is 226 Å². The molecule has 2 aromatic rings. The van der Waals surface area contributed by atoms with E-state index >= 15 is 0 Å². The summed E-state index contributed by atoms with van der Waals surface area (Å²) < 4.78 is 41.5. The molecule has 0 unspecified atom stereocenters. The molecule has 4 nitrogen and oxygen atoms in total. The van der Waals surface area contributed by atoms with Crippen LogP contribution in [0.5, 0.6) is 0 Å². The SMILES string of the molecule is CCCN.CCSc1ccc(Cl)cc1CNC(=O)c1cc(Cl)c(CN2CCCCC2)c(C(F)(F)F)c1. The van der Waals surface area contributed by atoms with E-state index in [1.54, 1.807) is 23.9 Å². The minimum absolute atomic E-state index is 0.0223. The van der Waals surface area contributed by atoms with Gasteiger partial charge in [0.1, 0.15) is 0 Å². The van der Waals surface area contributed by atoms with E-state index in [-0.39, 0.29) is 29.2 Å². The first-order valence-corrected chi connectivity index (χ1v) is 13.9. The Hall–Kier alpha value is -1.45. The smallest absolute Gasteiger partial charge is 0.348 e. The minimum Gasteiger partial charge on any atom is -0.348 e. The maximum atomic E-state index is 13.8. The van der Waals surface area contributed by atoms with E-state index in [0.29, 0.717) is 5.02 Å². The number of benzene rings is 2. The fourth-order valence-corrected chi connectivity index (χ4v) is 5.05. The Morgan fingerprint density at radius 1 is 1.11 bits per heavy atom. The molecule has 0 bridgehead atoms. The fraction of sp³-hybridized carbons (Fsp3) is 0.500. The summed E-state index contributed by atoms with van der Waals surface area (Å²) in [7, 11) is 0. The Morgan fingerprint density at radius 3 is 2.36 bits per heavy atom. The average molecular weight is 565 g/mol. The number of halogens is 5. The molecule has 0 saturated carbocycles. The molecule has 0 radical (unpaired) electrons. The lowest BCUT2D eigenvalue weighted by Gasteiger charge is -2.28. The topological polar surface area (TPSA) is 58.4 Å². The first-order valence-electron chi connectivity index (χ1n) is 12.1. The third kappa shape index (κ3) is 9.45. The Morgan fingerprint density at radius 2 is 1.78 bits per heavy atom. The van der Waals surface area contributed by atoms with Crippen molar-refractivity contribution in [2.75, 3.05) is 25.4 Å². The van der Waals surface area contributed by atoms with Crippen molar-refractivity contribution in [1.82, 2.24) is 10.2 Å². The van der Waals surface area contributed by atoms with E-state index in [4.69, 9.17) is 28.9 Å². The van der Waals surface area contributed by atoms with Crippen LogP contribution in [-0.2, 0) is 19.3 Å². The molecule has 200 valence electrons. The van der Waals surface area contributed by atoms with Crippen LogP contribution in [-0.4, -0.2) is 36.2 Å². The van der Waals surface area contributed by atoms with Crippen LogP contribution in [0, 0.1) is 0 Å². The van der Waals surface area contributed by atoms with Crippen molar-refractivity contribution in [2.45, 2.75) is 63.7 Å². The number of alkyl halides is 3. The molecule has 3 N–H and O–H groups in total. The summed E-state index contributed by atoms with van der Waals surface area (Å²) in [5.74, 6) is 0.223. The van der Waals surface area contributed by atoms with E-state index in [0.717, 1.165) is 67.6 Å². The second-order valence-corrected chi connectivity index (χ2v) is 10.6. The molecule has 0 atom stereocenters. The van der Waals surface area contributed by atoms with E-state index in [1.165, 1.54) is 6.07 Å². The molecule has 1 heterocycles. The minimum atomic E-state index is -4.61. The highest BCUT2D eigenvalue weighted by molar-refractivity contribution is 7.99. The number of hydrogen-bond donors (Lipinski definition) is 2. The molecular formula is C26H34Cl2F3N3OS. The fourth-order valence-electron chi connectivity index (χ4n) is 3.78. The van der Waals surface area contributed by atoms with Gasteiger partial charge in [0, 0.05) is 33.6 Å². The van der Waals surface area contributed by atoms with Crippen molar-refractivity contribution >= 4 is 40.9 Å². The average Bonchev–Trinajstić information content (AvgIpc) is 2.85. The number of carbonyl (C=O) groups is 1. The Balaban J connectivity index is 0.00000106. The van der Waals surface area contributed by atoms with Gasteiger partial charge >= 0.3 is 6.18 Å². The van der Waals surface area contributed by atoms with Gasteiger partial charge in [-0.3, -0.25) is 9.69 Å². The number of likely N-dealkylation sites (tertiary alicyclic amines) is 1. The van der Waals surface area contributed by atoms with Gasteiger partial charge in [0.05, 0.1) is 5.56 Å². The third-order valence-corrected chi connectivity index (χ3v) is 7.21. The molecule has 0 aliphatic carbocycles. The molecule has 1 saturated heterocycles. The number of nitrogens with zero attached hydrogens (tertiary/aromatic N) is 1. The lowest BCUT2D eigenvalue weighted by atomic mass is 10.0. The molecule has 1 aliphatic rings. The van der Waals surface area contributed by atoms with Crippen LogP contribution in [0.3, 0.4) is 0 Å². The van der Waals surface area contributed by atoms with Crippen molar-refractivity contribution in [3.63, 3.8) is 0 Å². The van der Waals surface area contributed by atoms with Crippen LogP contribution < -0.4 is 11.1 Å². The molecule has 10 heteroatoms. The van der Waals surface area contributed by atoms with Gasteiger partial charge < -0.3 is 11.1 Å². The summed E-state index contributed by atoms with van der Waals surface area (Å²) >= 11 is 14.0. The zero-order valence-electron chi connectivity index (χ0n) is 20.7. The number of amides is 1. The van der Waals surface area contributed by atoms with E-state index in [2.05, 4.69) is 12.2 Å². The van der Waals surface area contributed by atoms with Crippen molar-refractivity contribution in [3.05, 3.63) is 62.6 Å². The highest BCUT2D eigenvalue weighted by Gasteiger charge is 2.36. The van der Waals surface area contributed by atoms with Crippen LogP contribution in [0.15, 0.2) is 35.2 Å². The zero-order chi connectivity index (χ0) is 26.7. The summed E-state index contributed by atoms with van der Waals surface area (Å²) in [6.45, 7) is 6.64. The van der Waals surface area contributed by atoms with Gasteiger partial charge in [-0.25, -0.2) is 0 Å². The Kier molecular flexibility index (Phi) is 12.9. The standard InChI is InChI=1S/C23H25Cl2F3N2OS.C3H9N/c1-2-32-21-7-6-17(24)10-16(21)13-29-22(31)15-11-19(23(26,27)28)18(20(25)12-15)14-30-8-4-3-5-9-30;1-2-3-4/h6-7,10-12H,2-5,8-9,13-14H2,1H3,(H,29,31);2-4H2,1H3. The number of piperidine rings is 1. The maximum absolute atomic E-state index is 13.8. The molecule has 2 aromatic carbocycles. The van der Waals surface area contributed by atoms with E-state index < -0.39 is 17.6 Å². The van der Waals surface area contributed by atoms with E-state index in [1.807, 2.05) is 17.9 Å². The van der Waals surface area contributed by atoms with Gasteiger partial charge in [0.15, 0.2) is 0 Å². The van der Waals surface area contributed by atoms with Crippen LogP contribution in [0.2, 0.25) is 10.0 Å². The van der Waals surface area contributed by atoms with Gasteiger partial charge in [0.25, 0.3) is 5.91 Å². The number of carbonyl (C=O) groups excluding carboxylic acids is 1. The predicted octanol–water partition coefficient (Wildman–Crippen LogP) is 7.40. The first-order chi connectivity index (χ1) is 17.1. The van der Waals surface area contributed by atoms with Gasteiger partial charge in [-0.15, -0.1) is 11.8 Å². The van der Waals surface area contributed by atoms with Gasteiger partial charge in [-0.1, -0.05) is 43.5 Å². The van der Waals surface area contributed by atoms with Crippen molar-refractivity contribution in [3.8, 4) is 0 Å². The van der Waals surface area contributed by atoms with Crippen LogP contribution in [0.1, 0.15) is 66.6 Å². The molecule has 1 aliphatic heterocycles. The van der Waals surface area contributed by atoms with Crippen molar-refractivity contribution < 1.29 is 18.0 Å². The van der Waals surface area contributed by atoms with Crippen molar-refractivity contribution in [2.24, 2.45) is 5.73 Å².